The minimum atomic E-state index is -1.14. The fourth-order valence-corrected chi connectivity index (χ4v) is 5.68. The first-order chi connectivity index (χ1) is 24.1. The molecule has 0 bridgehead atoms. The fraction of sp³-hybridized carbons (Fsp3) is 0.282. The van der Waals surface area contributed by atoms with Crippen LogP contribution in [0.3, 0.4) is 0 Å². The number of rotatable bonds is 16. The van der Waals surface area contributed by atoms with E-state index >= 15 is 0 Å². The number of Topliss-reactive ketones (excluding diaryl/α,β-unsaturated/α-hetero) is 1. The molecule has 1 unspecified atom stereocenters. The molecule has 5 atom stereocenters. The van der Waals surface area contributed by atoms with Gasteiger partial charge in [-0.15, -0.1) is 0 Å². The Balaban J connectivity index is 1.39. The highest BCUT2D eigenvalue weighted by Gasteiger charge is 2.49. The molecule has 1 saturated heterocycles. The van der Waals surface area contributed by atoms with E-state index in [1.165, 1.54) is 0 Å². The molecule has 1 heterocycles. The van der Waals surface area contributed by atoms with E-state index in [-0.39, 0.29) is 31.7 Å². The lowest BCUT2D eigenvalue weighted by Crippen LogP contribution is -2.57. The summed E-state index contributed by atoms with van der Waals surface area (Å²) in [6, 6.07) is 31.6. The molecule has 5 rings (SSSR count). The zero-order valence-electron chi connectivity index (χ0n) is 28.0. The number of ether oxygens (including phenoxy) is 1. The van der Waals surface area contributed by atoms with E-state index in [0.29, 0.717) is 0 Å². The molecule has 0 aliphatic carbocycles. The molecule has 0 radical (unpaired) electrons. The lowest BCUT2D eigenvalue weighted by Gasteiger charge is -2.25. The predicted molar refractivity (Wildman–Crippen MR) is 190 cm³/mol. The Morgan fingerprint density at radius 3 is 1.64 bits per heavy atom. The predicted octanol–water partition coefficient (Wildman–Crippen LogP) is 4.89. The lowest BCUT2D eigenvalue weighted by molar-refractivity contribution is -0.134. The van der Waals surface area contributed by atoms with Crippen LogP contribution in [0, 0.1) is 0 Å². The summed E-state index contributed by atoms with van der Waals surface area (Å²) in [7, 11) is 0. The maximum Gasteiger partial charge on any atom is 0.243 e. The van der Waals surface area contributed by atoms with Gasteiger partial charge in [-0.05, 0) is 53.6 Å². The number of benzene rings is 4. The summed E-state index contributed by atoms with van der Waals surface area (Å²) in [6.45, 7) is 3.53. The standard InChI is InChI=1S/C39H40N6O5/c1-26(35(46)39(2)25-50-39)41-36(47)32(22-27-12-6-3-7-13-27)42-37(48)33(23-29-18-20-31(21-19-29)30-16-10-5-11-17-30)43-38(49)34(44-45-40)24-28-14-8-4-9-15-28/h3-21,26,32-34H,22-25H2,1-2H3,(H,41,47)(H,42,48)(H,43,49)/t26-,32-,33-,34?,39+/m0/s1. The van der Waals surface area contributed by atoms with Crippen LogP contribution in [-0.4, -0.2) is 59.9 Å². The number of hydrogen-bond donors (Lipinski definition) is 3. The van der Waals surface area contributed by atoms with E-state index in [0.717, 1.165) is 27.8 Å². The van der Waals surface area contributed by atoms with Crippen molar-refractivity contribution in [2.45, 2.75) is 62.9 Å². The number of carbonyl (C=O) groups is 4. The van der Waals surface area contributed by atoms with Crippen molar-refractivity contribution in [2.75, 3.05) is 6.61 Å². The monoisotopic (exact) mass is 672 g/mol. The Morgan fingerprint density at radius 1 is 0.680 bits per heavy atom. The Morgan fingerprint density at radius 2 is 1.12 bits per heavy atom. The van der Waals surface area contributed by atoms with Crippen LogP contribution in [0.2, 0.25) is 0 Å². The van der Waals surface area contributed by atoms with Gasteiger partial charge in [0.05, 0.1) is 12.6 Å². The van der Waals surface area contributed by atoms with Gasteiger partial charge < -0.3 is 20.7 Å². The molecule has 4 aromatic carbocycles. The van der Waals surface area contributed by atoms with Gasteiger partial charge >= 0.3 is 0 Å². The van der Waals surface area contributed by atoms with Crippen molar-refractivity contribution in [1.29, 1.82) is 0 Å². The second-order valence-electron chi connectivity index (χ2n) is 12.6. The maximum atomic E-state index is 14.1. The van der Waals surface area contributed by atoms with Crippen molar-refractivity contribution < 1.29 is 23.9 Å². The Kier molecular flexibility index (Phi) is 11.8. The van der Waals surface area contributed by atoms with Crippen molar-refractivity contribution in [3.63, 3.8) is 0 Å². The summed E-state index contributed by atoms with van der Waals surface area (Å²) in [5.41, 5.74) is 12.7. The molecule has 256 valence electrons. The van der Waals surface area contributed by atoms with E-state index in [4.69, 9.17) is 4.74 Å². The smallest absolute Gasteiger partial charge is 0.243 e. The van der Waals surface area contributed by atoms with Gasteiger partial charge in [0.2, 0.25) is 17.7 Å². The van der Waals surface area contributed by atoms with E-state index < -0.39 is 47.5 Å². The van der Waals surface area contributed by atoms with Crippen LogP contribution in [0.5, 0.6) is 0 Å². The molecule has 0 saturated carbocycles. The van der Waals surface area contributed by atoms with Gasteiger partial charge in [0.25, 0.3) is 0 Å². The molecule has 0 spiro atoms. The molecule has 50 heavy (non-hydrogen) atoms. The molecule has 1 aliphatic rings. The third-order valence-corrected chi connectivity index (χ3v) is 8.67. The number of hydrogen-bond acceptors (Lipinski definition) is 6. The van der Waals surface area contributed by atoms with Crippen molar-refractivity contribution in [2.24, 2.45) is 5.11 Å². The minimum absolute atomic E-state index is 0.0885. The average molecular weight is 673 g/mol. The van der Waals surface area contributed by atoms with Crippen LogP contribution in [0.1, 0.15) is 30.5 Å². The van der Waals surface area contributed by atoms with E-state index in [1.807, 2.05) is 115 Å². The van der Waals surface area contributed by atoms with Crippen LogP contribution in [0.25, 0.3) is 21.6 Å². The summed E-state index contributed by atoms with van der Waals surface area (Å²) in [5.74, 6) is -2.06. The van der Waals surface area contributed by atoms with Crippen LogP contribution in [0.15, 0.2) is 120 Å². The van der Waals surface area contributed by atoms with Gasteiger partial charge in [0, 0.05) is 17.8 Å². The lowest BCUT2D eigenvalue weighted by atomic mass is 9.98. The van der Waals surface area contributed by atoms with E-state index in [2.05, 4.69) is 26.0 Å². The first kappa shape index (κ1) is 35.5. The zero-order valence-corrected chi connectivity index (χ0v) is 28.0. The van der Waals surface area contributed by atoms with Crippen LogP contribution < -0.4 is 16.0 Å². The Bertz CT molecular complexity index is 1830. The second kappa shape index (κ2) is 16.6. The highest BCUT2D eigenvalue weighted by Crippen LogP contribution is 2.28. The summed E-state index contributed by atoms with van der Waals surface area (Å²) >= 11 is 0. The van der Waals surface area contributed by atoms with Crippen molar-refractivity contribution in [1.82, 2.24) is 16.0 Å². The topological polar surface area (TPSA) is 166 Å². The maximum absolute atomic E-state index is 14.1. The quantitative estimate of drug-likeness (QED) is 0.0666. The summed E-state index contributed by atoms with van der Waals surface area (Å²) < 4.78 is 5.27. The van der Waals surface area contributed by atoms with Crippen LogP contribution in [0.4, 0.5) is 0 Å². The Hall–Kier alpha value is -5.77. The van der Waals surface area contributed by atoms with Gasteiger partial charge in [-0.3, -0.25) is 19.2 Å². The normalized spacial score (nSPS) is 17.2. The van der Waals surface area contributed by atoms with Crippen molar-refractivity contribution in [3.05, 3.63) is 142 Å². The van der Waals surface area contributed by atoms with Gasteiger partial charge in [-0.2, -0.15) is 0 Å². The number of epoxide rings is 1. The SMILES string of the molecule is C[C@H](NC(=O)[C@H](Cc1ccccc1)NC(=O)[C@H](Cc1ccc(-c2ccccc2)cc1)NC(=O)C(Cc1ccccc1)N=[N+]=[N-])C(=O)[C@@]1(C)CO1. The van der Waals surface area contributed by atoms with E-state index in [1.54, 1.807) is 13.8 Å². The molecular formula is C39H40N6O5. The van der Waals surface area contributed by atoms with Gasteiger partial charge in [-0.25, -0.2) is 0 Å². The molecular weight excluding hydrogens is 632 g/mol. The molecule has 3 N–H and O–H groups in total. The molecule has 1 fully saturated rings. The largest absolute Gasteiger partial charge is 0.361 e. The van der Waals surface area contributed by atoms with Crippen LogP contribution in [-0.2, 0) is 43.2 Å². The molecule has 11 nitrogen and oxygen atoms in total. The summed E-state index contributed by atoms with van der Waals surface area (Å²) in [5, 5.41) is 12.1. The van der Waals surface area contributed by atoms with E-state index in [9.17, 15) is 24.7 Å². The first-order valence-corrected chi connectivity index (χ1v) is 16.5. The highest BCUT2D eigenvalue weighted by molar-refractivity contribution is 5.98. The van der Waals surface area contributed by atoms with Gasteiger partial charge in [0.1, 0.15) is 23.7 Å². The van der Waals surface area contributed by atoms with Crippen LogP contribution >= 0.6 is 0 Å². The number of nitrogens with one attached hydrogen (secondary N) is 3. The van der Waals surface area contributed by atoms with Crippen molar-refractivity contribution >= 4 is 23.5 Å². The Labute approximate surface area is 291 Å². The molecule has 0 aromatic heterocycles. The fourth-order valence-electron chi connectivity index (χ4n) is 5.68. The summed E-state index contributed by atoms with van der Waals surface area (Å²) in [6.07, 6.45) is 0.352. The summed E-state index contributed by atoms with van der Waals surface area (Å²) in [4.78, 5) is 57.1. The highest BCUT2D eigenvalue weighted by atomic mass is 16.6. The first-order valence-electron chi connectivity index (χ1n) is 16.5. The third kappa shape index (κ3) is 9.65. The molecule has 4 aromatic rings. The van der Waals surface area contributed by atoms with Gasteiger partial charge in [0.15, 0.2) is 5.78 Å². The zero-order chi connectivity index (χ0) is 35.5. The average Bonchev–Trinajstić information content (AvgIpc) is 3.90. The molecule has 3 amide bonds. The second-order valence-corrected chi connectivity index (χ2v) is 12.6. The minimum Gasteiger partial charge on any atom is -0.361 e. The van der Waals surface area contributed by atoms with Crippen molar-refractivity contribution in [3.8, 4) is 11.1 Å². The number of nitrogens with zero attached hydrogens (tertiary/aromatic N) is 3. The number of azide groups is 1. The van der Waals surface area contributed by atoms with Gasteiger partial charge in [-0.1, -0.05) is 120 Å². The number of carbonyl (C=O) groups excluding carboxylic acids is 4. The third-order valence-electron chi connectivity index (χ3n) is 8.67. The molecule has 1 aliphatic heterocycles. The molecule has 11 heteroatoms. The number of ketones is 1. The number of amides is 3.